The average molecular weight is 276 g/mol. The van der Waals surface area contributed by atoms with Crippen LogP contribution in [-0.2, 0) is 0 Å². The summed E-state index contributed by atoms with van der Waals surface area (Å²) in [4.78, 5) is 24.5. The Morgan fingerprint density at radius 3 is 2.80 bits per heavy atom. The van der Waals surface area contributed by atoms with Crippen LogP contribution in [0.5, 0.6) is 0 Å². The zero-order valence-corrected chi connectivity index (χ0v) is 12.0. The Kier molecular flexibility index (Phi) is 4.37. The molecule has 0 saturated carbocycles. The first kappa shape index (κ1) is 14.5. The maximum Gasteiger partial charge on any atom is 0.270 e. The van der Waals surface area contributed by atoms with Gasteiger partial charge in [0.15, 0.2) is 5.78 Å². The second-order valence-electron chi connectivity index (χ2n) is 5.27. The molecule has 0 amide bonds. The smallest absolute Gasteiger partial charge is 0.270 e. The van der Waals surface area contributed by atoms with E-state index in [1.807, 2.05) is 0 Å². The van der Waals surface area contributed by atoms with Crippen LogP contribution < -0.4 is 4.90 Å². The molecule has 0 spiro atoms. The summed E-state index contributed by atoms with van der Waals surface area (Å²) >= 11 is 0. The number of rotatable bonds is 4. The van der Waals surface area contributed by atoms with Crippen molar-refractivity contribution in [2.45, 2.75) is 45.6 Å². The number of piperidine rings is 1. The highest BCUT2D eigenvalue weighted by Crippen LogP contribution is 2.31. The topological polar surface area (TPSA) is 63.4 Å². The fraction of sp³-hybridized carbons (Fsp3) is 0.533. The Hall–Kier alpha value is -1.91. The van der Waals surface area contributed by atoms with E-state index in [9.17, 15) is 14.9 Å². The van der Waals surface area contributed by atoms with Crippen molar-refractivity contribution >= 4 is 17.2 Å². The second-order valence-corrected chi connectivity index (χ2v) is 5.27. The fourth-order valence-corrected chi connectivity index (χ4v) is 2.91. The number of hydrogen-bond donors (Lipinski definition) is 0. The van der Waals surface area contributed by atoms with Crippen molar-refractivity contribution in [1.29, 1.82) is 0 Å². The predicted molar refractivity (Wildman–Crippen MR) is 78.4 cm³/mol. The lowest BCUT2D eigenvalue weighted by Gasteiger charge is -2.38. The zero-order chi connectivity index (χ0) is 14.7. The molecule has 1 aromatic rings. The summed E-state index contributed by atoms with van der Waals surface area (Å²) in [7, 11) is 0. The Balaban J connectivity index is 2.44. The minimum absolute atomic E-state index is 0.0241. The minimum Gasteiger partial charge on any atom is -0.368 e. The number of nitro groups is 1. The largest absolute Gasteiger partial charge is 0.368 e. The van der Waals surface area contributed by atoms with Crippen molar-refractivity contribution in [2.24, 2.45) is 0 Å². The Morgan fingerprint density at radius 1 is 1.45 bits per heavy atom. The third kappa shape index (κ3) is 2.81. The highest BCUT2D eigenvalue weighted by atomic mass is 16.6. The second kappa shape index (κ2) is 6.03. The van der Waals surface area contributed by atoms with Crippen LogP contribution in [0.2, 0.25) is 0 Å². The third-order valence-corrected chi connectivity index (χ3v) is 3.98. The van der Waals surface area contributed by atoms with Crippen molar-refractivity contribution in [2.75, 3.05) is 11.4 Å². The summed E-state index contributed by atoms with van der Waals surface area (Å²) < 4.78 is 0. The molecule has 0 aromatic heterocycles. The van der Waals surface area contributed by atoms with E-state index in [0.717, 1.165) is 31.5 Å². The number of non-ortho nitro benzene ring substituents is 1. The van der Waals surface area contributed by atoms with Crippen LogP contribution >= 0.6 is 0 Å². The average Bonchev–Trinajstić information content (AvgIpc) is 2.46. The highest BCUT2D eigenvalue weighted by Gasteiger charge is 2.25. The normalized spacial score (nSPS) is 18.9. The molecule has 108 valence electrons. The van der Waals surface area contributed by atoms with Crippen LogP contribution in [0.1, 0.15) is 49.9 Å². The Morgan fingerprint density at radius 2 is 2.20 bits per heavy atom. The fourth-order valence-electron chi connectivity index (χ4n) is 2.91. The van der Waals surface area contributed by atoms with E-state index in [2.05, 4.69) is 11.8 Å². The highest BCUT2D eigenvalue weighted by molar-refractivity contribution is 6.00. The van der Waals surface area contributed by atoms with E-state index >= 15 is 0 Å². The molecule has 5 heteroatoms. The molecular formula is C15H20N2O3. The zero-order valence-electron chi connectivity index (χ0n) is 12.0. The SMILES string of the molecule is CCC1CCCCN1c1ccc([N+](=O)[O-])cc1C(C)=O. The van der Waals surface area contributed by atoms with Crippen molar-refractivity contribution in [3.63, 3.8) is 0 Å². The number of carbonyl (C=O) groups excluding carboxylic acids is 1. The van der Waals surface area contributed by atoms with Gasteiger partial charge in [-0.1, -0.05) is 6.92 Å². The molecule has 2 rings (SSSR count). The molecular weight excluding hydrogens is 256 g/mol. The lowest BCUT2D eigenvalue weighted by atomic mass is 9.97. The molecule has 1 atom stereocenters. The van der Waals surface area contributed by atoms with Gasteiger partial charge in [-0.3, -0.25) is 14.9 Å². The van der Waals surface area contributed by atoms with E-state index in [4.69, 9.17) is 0 Å². The molecule has 1 unspecified atom stereocenters. The van der Waals surface area contributed by atoms with Gasteiger partial charge in [0.05, 0.1) is 4.92 Å². The van der Waals surface area contributed by atoms with E-state index in [0.29, 0.717) is 11.6 Å². The summed E-state index contributed by atoms with van der Waals surface area (Å²) in [6, 6.07) is 5.04. The van der Waals surface area contributed by atoms with Crippen molar-refractivity contribution in [1.82, 2.24) is 0 Å². The molecule has 1 aromatic carbocycles. The van der Waals surface area contributed by atoms with Gasteiger partial charge in [0.1, 0.15) is 0 Å². The van der Waals surface area contributed by atoms with Gasteiger partial charge in [-0.15, -0.1) is 0 Å². The monoisotopic (exact) mass is 276 g/mol. The van der Waals surface area contributed by atoms with Gasteiger partial charge >= 0.3 is 0 Å². The molecule has 0 bridgehead atoms. The molecule has 1 fully saturated rings. The molecule has 5 nitrogen and oxygen atoms in total. The van der Waals surface area contributed by atoms with Gasteiger partial charge in [-0.05, 0) is 38.7 Å². The van der Waals surface area contributed by atoms with Crippen molar-refractivity contribution in [3.8, 4) is 0 Å². The van der Waals surface area contributed by atoms with Crippen LogP contribution in [-0.4, -0.2) is 23.3 Å². The van der Waals surface area contributed by atoms with Gasteiger partial charge in [0.2, 0.25) is 0 Å². The first-order valence-corrected chi connectivity index (χ1v) is 7.10. The van der Waals surface area contributed by atoms with E-state index < -0.39 is 4.92 Å². The molecule has 1 aliphatic heterocycles. The van der Waals surface area contributed by atoms with Gasteiger partial charge in [0.25, 0.3) is 5.69 Å². The van der Waals surface area contributed by atoms with Crippen LogP contribution in [0.4, 0.5) is 11.4 Å². The summed E-state index contributed by atoms with van der Waals surface area (Å²) in [6.45, 7) is 4.52. The minimum atomic E-state index is -0.455. The Labute approximate surface area is 118 Å². The quantitative estimate of drug-likeness (QED) is 0.479. The number of Topliss-reactive ketones (excluding diaryl/α,β-unsaturated/α-hetero) is 1. The molecule has 0 aliphatic carbocycles. The summed E-state index contributed by atoms with van der Waals surface area (Å²) in [5.74, 6) is -0.121. The maximum atomic E-state index is 11.8. The van der Waals surface area contributed by atoms with E-state index in [1.54, 1.807) is 6.07 Å². The number of hydrogen-bond acceptors (Lipinski definition) is 4. The first-order chi connectivity index (χ1) is 9.54. The van der Waals surface area contributed by atoms with E-state index in [1.165, 1.54) is 25.5 Å². The number of benzene rings is 1. The van der Waals surface area contributed by atoms with Crippen LogP contribution in [0.15, 0.2) is 18.2 Å². The summed E-state index contributed by atoms with van der Waals surface area (Å²) in [5, 5.41) is 10.9. The van der Waals surface area contributed by atoms with Crippen molar-refractivity contribution in [3.05, 3.63) is 33.9 Å². The number of nitrogens with zero attached hydrogens (tertiary/aromatic N) is 2. The van der Waals surface area contributed by atoms with Gasteiger partial charge in [-0.25, -0.2) is 0 Å². The first-order valence-electron chi connectivity index (χ1n) is 7.10. The predicted octanol–water partition coefficient (Wildman–Crippen LogP) is 3.57. The third-order valence-electron chi connectivity index (χ3n) is 3.98. The Bertz CT molecular complexity index is 528. The number of carbonyl (C=O) groups is 1. The molecule has 0 radical (unpaired) electrons. The van der Waals surface area contributed by atoms with E-state index in [-0.39, 0.29) is 11.5 Å². The lowest BCUT2D eigenvalue weighted by Crippen LogP contribution is -2.39. The van der Waals surface area contributed by atoms with Crippen molar-refractivity contribution < 1.29 is 9.72 Å². The molecule has 0 N–H and O–H groups in total. The van der Waals surface area contributed by atoms with Gasteiger partial charge < -0.3 is 4.90 Å². The van der Waals surface area contributed by atoms with Crippen LogP contribution in [0.25, 0.3) is 0 Å². The van der Waals surface area contributed by atoms with Crippen LogP contribution in [0.3, 0.4) is 0 Å². The molecule has 1 heterocycles. The number of nitro benzene ring substituents is 1. The van der Waals surface area contributed by atoms with Gasteiger partial charge in [-0.2, -0.15) is 0 Å². The summed E-state index contributed by atoms with van der Waals surface area (Å²) in [6.07, 6.45) is 4.45. The maximum absolute atomic E-state index is 11.8. The molecule has 20 heavy (non-hydrogen) atoms. The van der Waals surface area contributed by atoms with Gasteiger partial charge in [0, 0.05) is 36.0 Å². The standard InChI is InChI=1S/C15H20N2O3/c1-3-12-6-4-5-9-16(12)15-8-7-13(17(19)20)10-14(15)11(2)18/h7-8,10,12H,3-6,9H2,1-2H3. The van der Waals surface area contributed by atoms with Crippen LogP contribution in [0, 0.1) is 10.1 Å². The lowest BCUT2D eigenvalue weighted by molar-refractivity contribution is -0.384. The number of ketones is 1. The number of anilines is 1. The molecule has 1 saturated heterocycles. The molecule has 1 aliphatic rings. The summed E-state index contributed by atoms with van der Waals surface area (Å²) in [5.41, 5.74) is 1.28.